The number of halogens is 2. The molecule has 4 atom stereocenters. The van der Waals surface area contributed by atoms with Crippen molar-refractivity contribution < 1.29 is 38.1 Å². The monoisotopic (exact) mass is 646 g/mol. The highest BCUT2D eigenvalue weighted by Gasteiger charge is 2.54. The van der Waals surface area contributed by atoms with Gasteiger partial charge in [0.15, 0.2) is 5.03 Å². The molecule has 0 radical (unpaired) electrons. The minimum atomic E-state index is -0.402. The zero-order valence-electron chi connectivity index (χ0n) is 22.3. The normalized spacial score (nSPS) is 28.0. The van der Waals surface area contributed by atoms with Crippen molar-refractivity contribution in [2.24, 2.45) is 0 Å². The highest BCUT2D eigenvalue weighted by atomic mass is 79.9. The zero-order chi connectivity index (χ0) is 29.3. The lowest BCUT2D eigenvalue weighted by Gasteiger charge is -2.06. The second kappa shape index (κ2) is 9.84. The third kappa shape index (κ3) is 4.93. The van der Waals surface area contributed by atoms with Gasteiger partial charge in [0.05, 0.1) is 17.0 Å². The van der Waals surface area contributed by atoms with E-state index in [1.165, 1.54) is 11.6 Å². The summed E-state index contributed by atoms with van der Waals surface area (Å²) in [5, 5.41) is 0.232. The van der Waals surface area contributed by atoms with Crippen molar-refractivity contribution in [3.63, 3.8) is 0 Å². The van der Waals surface area contributed by atoms with Crippen molar-refractivity contribution >= 4 is 51.4 Å². The Balaban J connectivity index is 0.000000102. The quantitative estimate of drug-likeness (QED) is 0.266. The molecule has 8 aliphatic rings. The first-order valence-electron chi connectivity index (χ1n) is 12.5. The van der Waals surface area contributed by atoms with E-state index in [9.17, 15) is 19.2 Å². The summed E-state index contributed by atoms with van der Waals surface area (Å²) in [4.78, 5) is 50.2. The Kier molecular flexibility index (Phi) is 6.53. The molecule has 0 amide bonds. The number of carbonyl (C=O) groups is 4. The Morgan fingerprint density at radius 1 is 0.756 bits per heavy atom. The molecular formula is C27H24BrClN4O8. The van der Waals surface area contributed by atoms with Crippen LogP contribution >= 0.6 is 27.5 Å². The van der Waals surface area contributed by atoms with E-state index >= 15 is 0 Å². The topological polar surface area (TPSA) is 117 Å². The average molecular weight is 648 g/mol. The largest absolute Gasteiger partial charge is 0.432 e. The second-order valence-corrected chi connectivity index (χ2v) is 11.2. The fourth-order valence-corrected chi connectivity index (χ4v) is 5.51. The number of likely N-dealkylation sites (N-methyl/N-ethyl adjacent to an activating group) is 3. The Hall–Kier alpha value is -3.97. The van der Waals surface area contributed by atoms with Gasteiger partial charge < -0.3 is 38.5 Å². The molecule has 0 N–H and O–H groups in total. The van der Waals surface area contributed by atoms with E-state index in [-0.39, 0.29) is 47.9 Å². The van der Waals surface area contributed by atoms with Crippen LogP contribution in [-0.2, 0) is 44.7 Å². The van der Waals surface area contributed by atoms with Gasteiger partial charge in [0.2, 0.25) is 24.9 Å². The van der Waals surface area contributed by atoms with Crippen molar-refractivity contribution in [3.05, 3.63) is 79.8 Å². The lowest BCUT2D eigenvalue weighted by Crippen LogP contribution is -2.11. The number of benzene rings is 1. The van der Waals surface area contributed by atoms with E-state index in [4.69, 9.17) is 30.5 Å². The van der Waals surface area contributed by atoms with Crippen molar-refractivity contribution in [3.8, 4) is 0 Å². The van der Waals surface area contributed by atoms with Gasteiger partial charge in [-0.25, -0.2) is 19.2 Å². The Bertz CT molecular complexity index is 1470. The number of hydrogen-bond acceptors (Lipinski definition) is 12. The summed E-state index contributed by atoms with van der Waals surface area (Å²) in [6, 6.07) is 10.0. The Morgan fingerprint density at radius 2 is 1.37 bits per heavy atom. The maximum Gasteiger partial charge on any atom is 0.354 e. The number of fused-ring (bicyclic) bond motifs is 4. The summed E-state index contributed by atoms with van der Waals surface area (Å²) in [5.74, 6) is -1.01. The third-order valence-electron chi connectivity index (χ3n) is 7.34. The number of carbonyl (C=O) groups excluding carboxylic acids is 4. The van der Waals surface area contributed by atoms with Crippen LogP contribution < -0.4 is 0 Å². The smallest absolute Gasteiger partial charge is 0.354 e. The van der Waals surface area contributed by atoms with E-state index in [1.54, 1.807) is 6.92 Å². The van der Waals surface area contributed by atoms with Crippen molar-refractivity contribution in [2.45, 2.75) is 38.4 Å². The molecule has 1 aromatic rings. The van der Waals surface area contributed by atoms with Crippen LogP contribution in [0, 0.1) is 0 Å². The van der Waals surface area contributed by atoms with E-state index in [1.807, 2.05) is 71.1 Å². The first-order valence-corrected chi connectivity index (χ1v) is 13.7. The van der Waals surface area contributed by atoms with Gasteiger partial charge in [0.25, 0.3) is 0 Å². The van der Waals surface area contributed by atoms with Gasteiger partial charge in [-0.1, -0.05) is 41.9 Å². The first kappa shape index (κ1) is 27.2. The number of rotatable bonds is 2. The lowest BCUT2D eigenvalue weighted by molar-refractivity contribution is -0.141. The van der Waals surface area contributed by atoms with Crippen LogP contribution in [0.15, 0.2) is 74.3 Å². The van der Waals surface area contributed by atoms with Crippen molar-refractivity contribution in [1.82, 2.24) is 19.6 Å². The summed E-state index contributed by atoms with van der Waals surface area (Å²) < 4.78 is 20.0. The number of hydrogen-bond donors (Lipinski definition) is 0. The predicted molar refractivity (Wildman–Crippen MR) is 144 cm³/mol. The van der Waals surface area contributed by atoms with Crippen molar-refractivity contribution in [1.29, 1.82) is 0 Å². The fourth-order valence-electron chi connectivity index (χ4n) is 4.70. The molecule has 1 aromatic carbocycles. The molecule has 0 saturated carbocycles. The third-order valence-corrected chi connectivity index (χ3v) is 8.42. The van der Waals surface area contributed by atoms with Crippen LogP contribution in [0.4, 0.5) is 0 Å². The molecule has 12 nitrogen and oxygen atoms in total. The molecular weight excluding hydrogens is 624 g/mol. The molecule has 214 valence electrons. The summed E-state index contributed by atoms with van der Waals surface area (Å²) in [5.41, 5.74) is 5.81. The van der Waals surface area contributed by atoms with E-state index in [2.05, 4.69) is 15.9 Å². The fraction of sp³-hybridized carbons (Fsp3) is 0.333. The van der Waals surface area contributed by atoms with E-state index in [0.717, 1.165) is 34.9 Å². The van der Waals surface area contributed by atoms with Gasteiger partial charge >= 0.3 is 23.9 Å². The molecule has 4 unspecified atom stereocenters. The first-order chi connectivity index (χ1) is 19.5. The molecule has 8 aliphatic heterocycles. The number of nitrogens with zero attached hydrogens (tertiary/aromatic N) is 4. The van der Waals surface area contributed by atoms with Crippen LogP contribution in [-0.4, -0.2) is 89.5 Å². The summed E-state index contributed by atoms with van der Waals surface area (Å²) in [7, 11) is 5.69. The van der Waals surface area contributed by atoms with Gasteiger partial charge in [-0.3, -0.25) is 0 Å². The molecule has 0 bridgehead atoms. The van der Waals surface area contributed by atoms with Crippen LogP contribution in [0.25, 0.3) is 0 Å². The minimum absolute atomic E-state index is 0.00231. The van der Waals surface area contributed by atoms with E-state index < -0.39 is 5.97 Å². The standard InChI is InChI=1S/C11H8ClNO2.C6H7NO2.C5H4BrNO2.C5H5NO2/c12-8-9-10(15-11(8)14)13(9)6-7-4-2-1-3-5-7;1-3-4-5(7(4)2)9-6(3)8;1-7-3-2(6)5(8)9-4(3)7;1-6-3-2-4(7)8-5(3)6/h1-5,10H,6H2;5H,1-2H3;4H,1H3;2,5H,1H3. The maximum absolute atomic E-state index is 11.0. The van der Waals surface area contributed by atoms with Crippen molar-refractivity contribution in [2.75, 3.05) is 21.1 Å². The summed E-state index contributed by atoms with van der Waals surface area (Å²) >= 11 is 8.89. The Morgan fingerprint density at radius 3 is 1.80 bits per heavy atom. The van der Waals surface area contributed by atoms with Gasteiger partial charge in [0, 0.05) is 33.8 Å². The maximum atomic E-state index is 11.0. The number of esters is 4. The highest BCUT2D eigenvalue weighted by Crippen LogP contribution is 2.45. The van der Waals surface area contributed by atoms with E-state index in [0.29, 0.717) is 4.48 Å². The molecule has 0 aliphatic carbocycles. The van der Waals surface area contributed by atoms with Crippen LogP contribution in [0.5, 0.6) is 0 Å². The molecule has 4 fully saturated rings. The molecule has 4 saturated heterocycles. The second-order valence-electron chi connectivity index (χ2n) is 9.99. The van der Waals surface area contributed by atoms with Gasteiger partial charge in [0.1, 0.15) is 15.9 Å². The van der Waals surface area contributed by atoms with Crippen LogP contribution in [0.2, 0.25) is 0 Å². The van der Waals surface area contributed by atoms with Gasteiger partial charge in [-0.05, 0) is 28.4 Å². The molecule has 41 heavy (non-hydrogen) atoms. The summed E-state index contributed by atoms with van der Waals surface area (Å²) in [6.07, 6.45) is 1.27. The molecule has 0 spiro atoms. The molecule has 0 aromatic heterocycles. The zero-order valence-corrected chi connectivity index (χ0v) is 24.6. The molecule has 9 rings (SSSR count). The Labute approximate surface area is 248 Å². The average Bonchev–Trinajstić information content (AvgIpc) is 3.86. The van der Waals surface area contributed by atoms with Crippen LogP contribution in [0.1, 0.15) is 12.5 Å². The van der Waals surface area contributed by atoms with Gasteiger partial charge in [-0.2, -0.15) is 0 Å². The predicted octanol–water partition coefficient (Wildman–Crippen LogP) is 2.04. The minimum Gasteiger partial charge on any atom is -0.432 e. The molecule has 8 heterocycles. The van der Waals surface area contributed by atoms with Gasteiger partial charge in [-0.15, -0.1) is 0 Å². The number of ether oxygens (including phenoxy) is 4. The SMILES string of the molecule is CC1=C2C(OC1=O)N2C.CN1C2=C(Br)C(=O)OC21.CN1C2=CC(=O)OC21.O=C1OC2C(=C1Cl)N2Cc1ccccc1. The summed E-state index contributed by atoms with van der Waals surface area (Å²) in [6.45, 7) is 2.53. The molecule has 14 heteroatoms. The lowest BCUT2D eigenvalue weighted by atomic mass is 10.2. The highest BCUT2D eigenvalue weighted by molar-refractivity contribution is 9.12. The van der Waals surface area contributed by atoms with Crippen LogP contribution in [0.3, 0.4) is 0 Å².